The van der Waals surface area contributed by atoms with Crippen LogP contribution in [0.5, 0.6) is 0 Å². The van der Waals surface area contributed by atoms with Gasteiger partial charge in [0.25, 0.3) is 0 Å². The highest BCUT2D eigenvalue weighted by atomic mass is 16.5. The molecular weight excluding hydrogens is 316 g/mol. The number of likely N-dealkylation sites (tertiary alicyclic amines) is 2. The molecule has 0 saturated carbocycles. The van der Waals surface area contributed by atoms with Gasteiger partial charge in [-0.2, -0.15) is 4.98 Å². The first-order valence-corrected chi connectivity index (χ1v) is 10.0. The van der Waals surface area contributed by atoms with Crippen LogP contribution in [0.1, 0.15) is 76.6 Å². The number of unbranched alkanes of at least 4 members (excludes halogenated alkanes) is 1. The number of aromatic nitrogens is 2. The molecule has 2 aliphatic heterocycles. The summed E-state index contributed by atoms with van der Waals surface area (Å²) in [6, 6.07) is 0.133. The van der Waals surface area contributed by atoms with E-state index in [1.54, 1.807) is 0 Å². The fourth-order valence-corrected chi connectivity index (χ4v) is 3.94. The molecule has 2 aliphatic rings. The molecule has 0 aromatic carbocycles. The molecule has 1 aromatic rings. The lowest BCUT2D eigenvalue weighted by Crippen LogP contribution is -2.44. The number of carbonyl (C=O) groups excluding carboxylic acids is 1. The number of piperidine rings is 2. The Kier molecular flexibility index (Phi) is 6.45. The highest BCUT2D eigenvalue weighted by Gasteiger charge is 2.32. The first-order chi connectivity index (χ1) is 12.2. The van der Waals surface area contributed by atoms with Crippen molar-refractivity contribution in [3.05, 3.63) is 11.7 Å². The number of carbonyl (C=O) groups is 1. The molecule has 2 saturated heterocycles. The van der Waals surface area contributed by atoms with Crippen LogP contribution >= 0.6 is 0 Å². The van der Waals surface area contributed by atoms with Gasteiger partial charge in [0.15, 0.2) is 5.82 Å². The summed E-state index contributed by atoms with van der Waals surface area (Å²) in [5.74, 6) is 2.11. The first kappa shape index (κ1) is 18.4. The van der Waals surface area contributed by atoms with Crippen molar-refractivity contribution in [2.45, 2.75) is 71.3 Å². The summed E-state index contributed by atoms with van der Waals surface area (Å²) in [4.78, 5) is 21.7. The normalized spacial score (nSPS) is 21.4. The van der Waals surface area contributed by atoms with E-state index in [2.05, 4.69) is 33.8 Å². The van der Waals surface area contributed by atoms with Gasteiger partial charge in [-0.25, -0.2) is 0 Å². The predicted octanol–water partition coefficient (Wildman–Crippen LogP) is 3.20. The zero-order valence-electron chi connectivity index (χ0n) is 15.7. The van der Waals surface area contributed by atoms with E-state index in [4.69, 9.17) is 4.52 Å². The van der Waals surface area contributed by atoms with E-state index in [1.807, 2.05) is 0 Å². The predicted molar refractivity (Wildman–Crippen MR) is 96.1 cm³/mol. The second-order valence-corrected chi connectivity index (χ2v) is 7.52. The Hall–Kier alpha value is -1.43. The molecule has 0 N–H and O–H groups in total. The van der Waals surface area contributed by atoms with E-state index in [-0.39, 0.29) is 12.0 Å². The van der Waals surface area contributed by atoms with Crippen LogP contribution in [0.3, 0.4) is 0 Å². The molecule has 3 heterocycles. The van der Waals surface area contributed by atoms with E-state index in [1.165, 1.54) is 19.3 Å². The van der Waals surface area contributed by atoms with Crippen molar-refractivity contribution < 1.29 is 9.32 Å². The Morgan fingerprint density at radius 1 is 1.20 bits per heavy atom. The zero-order chi connectivity index (χ0) is 17.6. The van der Waals surface area contributed by atoms with Gasteiger partial charge in [0, 0.05) is 25.4 Å². The number of aryl methyl sites for hydroxylation is 1. The van der Waals surface area contributed by atoms with Crippen LogP contribution in [0.4, 0.5) is 0 Å². The quantitative estimate of drug-likeness (QED) is 0.790. The minimum Gasteiger partial charge on any atom is -0.342 e. The monoisotopic (exact) mass is 348 g/mol. The molecule has 1 amide bonds. The van der Waals surface area contributed by atoms with Crippen molar-refractivity contribution in [2.24, 2.45) is 5.92 Å². The summed E-state index contributed by atoms with van der Waals surface area (Å²) in [6.07, 6.45) is 8.60. The number of amides is 1. The van der Waals surface area contributed by atoms with Gasteiger partial charge < -0.3 is 9.42 Å². The summed E-state index contributed by atoms with van der Waals surface area (Å²) in [5.41, 5.74) is 0. The average molecular weight is 348 g/mol. The molecule has 2 fully saturated rings. The van der Waals surface area contributed by atoms with Gasteiger partial charge in [0.1, 0.15) is 0 Å². The minimum atomic E-state index is 0.133. The molecule has 25 heavy (non-hydrogen) atoms. The fourth-order valence-electron chi connectivity index (χ4n) is 3.94. The Morgan fingerprint density at radius 2 is 1.92 bits per heavy atom. The topological polar surface area (TPSA) is 62.5 Å². The van der Waals surface area contributed by atoms with Crippen molar-refractivity contribution >= 4 is 5.91 Å². The van der Waals surface area contributed by atoms with Crippen LogP contribution < -0.4 is 0 Å². The van der Waals surface area contributed by atoms with Crippen molar-refractivity contribution in [3.8, 4) is 0 Å². The highest BCUT2D eigenvalue weighted by Crippen LogP contribution is 2.27. The van der Waals surface area contributed by atoms with Crippen LogP contribution in [0.15, 0.2) is 4.52 Å². The molecule has 6 nitrogen and oxygen atoms in total. The Balaban J connectivity index is 1.49. The standard InChI is InChI=1S/C19H32N4O2/c1-3-4-8-17-20-18(25-21-17)15(2)22-13-9-16(10-14-22)19(24)23-11-6-5-7-12-23/h15-16H,3-14H2,1-2H3. The van der Waals surface area contributed by atoms with Gasteiger partial charge in [0.05, 0.1) is 6.04 Å². The largest absolute Gasteiger partial charge is 0.342 e. The summed E-state index contributed by atoms with van der Waals surface area (Å²) >= 11 is 0. The maximum atomic E-state index is 12.7. The zero-order valence-corrected chi connectivity index (χ0v) is 15.7. The molecular formula is C19H32N4O2. The third-order valence-electron chi connectivity index (χ3n) is 5.69. The van der Waals surface area contributed by atoms with Crippen LogP contribution in [0, 0.1) is 5.92 Å². The van der Waals surface area contributed by atoms with E-state index in [0.717, 1.165) is 64.1 Å². The Labute approximate surface area is 150 Å². The highest BCUT2D eigenvalue weighted by molar-refractivity contribution is 5.79. The van der Waals surface area contributed by atoms with Gasteiger partial charge in [-0.05, 0) is 58.5 Å². The lowest BCUT2D eigenvalue weighted by atomic mass is 9.93. The molecule has 3 rings (SSSR count). The van der Waals surface area contributed by atoms with Crippen molar-refractivity contribution in [2.75, 3.05) is 26.2 Å². The summed E-state index contributed by atoms with van der Waals surface area (Å²) in [7, 11) is 0. The number of hydrogen-bond donors (Lipinski definition) is 0. The Bertz CT molecular complexity index is 545. The second-order valence-electron chi connectivity index (χ2n) is 7.52. The van der Waals surface area contributed by atoms with Gasteiger partial charge >= 0.3 is 0 Å². The van der Waals surface area contributed by atoms with E-state index >= 15 is 0 Å². The molecule has 0 aliphatic carbocycles. The number of nitrogens with zero attached hydrogens (tertiary/aromatic N) is 4. The molecule has 0 spiro atoms. The molecule has 1 atom stereocenters. The van der Waals surface area contributed by atoms with Gasteiger partial charge in [0.2, 0.25) is 11.8 Å². The van der Waals surface area contributed by atoms with Gasteiger partial charge in [-0.3, -0.25) is 9.69 Å². The van der Waals surface area contributed by atoms with Crippen LogP contribution in [-0.2, 0) is 11.2 Å². The molecule has 0 bridgehead atoms. The smallest absolute Gasteiger partial charge is 0.243 e. The third kappa shape index (κ3) is 4.60. The van der Waals surface area contributed by atoms with Crippen LogP contribution in [0.25, 0.3) is 0 Å². The van der Waals surface area contributed by atoms with Crippen molar-refractivity contribution in [1.29, 1.82) is 0 Å². The maximum Gasteiger partial charge on any atom is 0.243 e. The lowest BCUT2D eigenvalue weighted by molar-refractivity contribution is -0.138. The third-order valence-corrected chi connectivity index (χ3v) is 5.69. The van der Waals surface area contributed by atoms with E-state index in [0.29, 0.717) is 11.8 Å². The number of hydrogen-bond acceptors (Lipinski definition) is 5. The van der Waals surface area contributed by atoms with Gasteiger partial charge in [-0.1, -0.05) is 18.5 Å². The fraction of sp³-hybridized carbons (Fsp3) is 0.842. The average Bonchev–Trinajstić information content (AvgIpc) is 3.15. The molecule has 0 radical (unpaired) electrons. The SMILES string of the molecule is CCCCc1noc(C(C)N2CCC(C(=O)N3CCCCC3)CC2)n1. The van der Waals surface area contributed by atoms with Crippen molar-refractivity contribution in [1.82, 2.24) is 19.9 Å². The second kappa shape index (κ2) is 8.79. The van der Waals surface area contributed by atoms with Crippen LogP contribution in [0.2, 0.25) is 0 Å². The van der Waals surface area contributed by atoms with E-state index < -0.39 is 0 Å². The van der Waals surface area contributed by atoms with Crippen LogP contribution in [-0.4, -0.2) is 52.0 Å². The van der Waals surface area contributed by atoms with Gasteiger partial charge in [-0.15, -0.1) is 0 Å². The van der Waals surface area contributed by atoms with Crippen molar-refractivity contribution in [3.63, 3.8) is 0 Å². The minimum absolute atomic E-state index is 0.133. The lowest BCUT2D eigenvalue weighted by Gasteiger charge is -2.37. The summed E-state index contributed by atoms with van der Waals surface area (Å²) in [5, 5.41) is 4.10. The van der Waals surface area contributed by atoms with E-state index in [9.17, 15) is 4.79 Å². The molecule has 140 valence electrons. The Morgan fingerprint density at radius 3 is 2.60 bits per heavy atom. The maximum absolute atomic E-state index is 12.7. The first-order valence-electron chi connectivity index (χ1n) is 10.0. The molecule has 6 heteroatoms. The summed E-state index contributed by atoms with van der Waals surface area (Å²) < 4.78 is 5.47. The summed E-state index contributed by atoms with van der Waals surface area (Å²) in [6.45, 7) is 8.06. The molecule has 1 unspecified atom stereocenters. The molecule has 1 aromatic heterocycles. The number of rotatable bonds is 6.